The first-order valence-electron chi connectivity index (χ1n) is 7.16. The second kappa shape index (κ2) is 5.49. The van der Waals surface area contributed by atoms with Gasteiger partial charge in [0.2, 0.25) is 0 Å². The summed E-state index contributed by atoms with van der Waals surface area (Å²) in [7, 11) is 0. The Morgan fingerprint density at radius 3 is 3.10 bits per heavy atom. The lowest BCUT2D eigenvalue weighted by Gasteiger charge is -2.18. The quantitative estimate of drug-likeness (QED) is 0.806. The molecule has 0 radical (unpaired) electrons. The number of aromatic amines is 1. The van der Waals surface area contributed by atoms with Crippen LogP contribution in [0.4, 0.5) is 0 Å². The van der Waals surface area contributed by atoms with Crippen LogP contribution < -0.4 is 5.43 Å². The van der Waals surface area contributed by atoms with Crippen LogP contribution in [0.2, 0.25) is 0 Å². The molecule has 2 aromatic rings. The maximum Gasteiger partial charge on any atom is 0.273 e. The van der Waals surface area contributed by atoms with Gasteiger partial charge in [-0.2, -0.15) is 5.10 Å². The molecule has 1 atom stereocenters. The smallest absolute Gasteiger partial charge is 0.273 e. The van der Waals surface area contributed by atoms with Gasteiger partial charge in [0.1, 0.15) is 0 Å². The third-order valence-electron chi connectivity index (χ3n) is 3.90. The first kappa shape index (κ1) is 12.9. The molecule has 0 spiro atoms. The Morgan fingerprint density at radius 1 is 1.40 bits per heavy atom. The van der Waals surface area contributed by atoms with Crippen LogP contribution in [0.5, 0.6) is 0 Å². The van der Waals surface area contributed by atoms with Crippen molar-refractivity contribution in [2.75, 3.05) is 0 Å². The number of hydrogen-bond acceptors (Lipinski definition) is 2. The summed E-state index contributed by atoms with van der Waals surface area (Å²) in [6, 6.07) is 7.78. The van der Waals surface area contributed by atoms with Gasteiger partial charge in [0.05, 0.1) is 5.56 Å². The molecule has 4 nitrogen and oxygen atoms in total. The number of H-pyrrole nitrogens is 1. The molecule has 0 aliphatic heterocycles. The molecule has 1 aliphatic carbocycles. The number of amides is 1. The minimum absolute atomic E-state index is 0.145. The van der Waals surface area contributed by atoms with E-state index in [1.165, 1.54) is 12.8 Å². The van der Waals surface area contributed by atoms with E-state index in [1.807, 2.05) is 24.3 Å². The summed E-state index contributed by atoms with van der Waals surface area (Å²) in [5.41, 5.74) is 5.42. The number of nitrogens with zero attached hydrogens (tertiary/aromatic N) is 1. The molecular weight excluding hydrogens is 250 g/mol. The van der Waals surface area contributed by atoms with Gasteiger partial charge >= 0.3 is 0 Å². The number of aromatic nitrogens is 1. The van der Waals surface area contributed by atoms with Crippen LogP contribution in [-0.4, -0.2) is 16.6 Å². The van der Waals surface area contributed by atoms with Gasteiger partial charge in [0, 0.05) is 22.8 Å². The predicted octanol–water partition coefficient (Wildman–Crippen LogP) is 3.46. The Kier molecular flexibility index (Phi) is 3.54. The zero-order valence-electron chi connectivity index (χ0n) is 11.6. The lowest BCUT2D eigenvalue weighted by molar-refractivity contribution is 0.0956. The molecule has 0 unspecified atom stereocenters. The van der Waals surface area contributed by atoms with E-state index in [0.29, 0.717) is 11.5 Å². The number of para-hydroxylation sites is 1. The highest BCUT2D eigenvalue weighted by Gasteiger charge is 2.15. The molecule has 4 heteroatoms. The number of carbonyl (C=O) groups excluding carboxylic acids is 1. The maximum atomic E-state index is 12.2. The zero-order valence-corrected chi connectivity index (χ0v) is 11.6. The van der Waals surface area contributed by atoms with E-state index < -0.39 is 0 Å². The summed E-state index contributed by atoms with van der Waals surface area (Å²) < 4.78 is 0. The minimum atomic E-state index is -0.145. The standard InChI is InChI=1S/C16H19N3O/c1-11-5-4-6-12(9-11)18-19-16(20)14-10-17-15-8-3-2-7-13(14)15/h2-3,7-8,10-11,17H,4-6,9H2,1H3,(H,19,20)/b18-12+/t11-/m0/s1. The Hall–Kier alpha value is -2.10. The number of nitrogens with one attached hydrogen (secondary N) is 2. The van der Waals surface area contributed by atoms with Crippen LogP contribution in [0.15, 0.2) is 35.6 Å². The maximum absolute atomic E-state index is 12.2. The van der Waals surface area contributed by atoms with E-state index in [2.05, 4.69) is 22.4 Å². The third-order valence-corrected chi connectivity index (χ3v) is 3.90. The van der Waals surface area contributed by atoms with E-state index in [0.717, 1.165) is 29.5 Å². The number of carbonyl (C=O) groups is 1. The SMILES string of the molecule is C[C@H]1CCC/C(=N\NC(=O)c2c[nH]c3ccccc23)C1. The summed E-state index contributed by atoms with van der Waals surface area (Å²) in [4.78, 5) is 15.3. The van der Waals surface area contributed by atoms with Gasteiger partial charge in [-0.15, -0.1) is 0 Å². The van der Waals surface area contributed by atoms with E-state index in [-0.39, 0.29) is 5.91 Å². The molecule has 1 amide bonds. The first-order chi connectivity index (χ1) is 9.74. The number of hydrogen-bond donors (Lipinski definition) is 2. The molecule has 104 valence electrons. The van der Waals surface area contributed by atoms with Crippen molar-refractivity contribution in [1.82, 2.24) is 10.4 Å². The number of fused-ring (bicyclic) bond motifs is 1. The minimum Gasteiger partial charge on any atom is -0.360 e. The Bertz CT molecular complexity index is 657. The average molecular weight is 269 g/mol. The summed E-state index contributed by atoms with van der Waals surface area (Å²) in [6.07, 6.45) is 6.16. The normalized spacial score (nSPS) is 21.2. The fourth-order valence-corrected chi connectivity index (χ4v) is 2.81. The molecule has 3 rings (SSSR count). The van der Waals surface area contributed by atoms with Gasteiger partial charge < -0.3 is 4.98 Å². The van der Waals surface area contributed by atoms with E-state index in [9.17, 15) is 4.79 Å². The van der Waals surface area contributed by atoms with E-state index >= 15 is 0 Å². The highest BCUT2D eigenvalue weighted by atomic mass is 16.2. The molecule has 1 aliphatic rings. The molecule has 2 N–H and O–H groups in total. The van der Waals surface area contributed by atoms with Crippen molar-refractivity contribution in [2.24, 2.45) is 11.0 Å². The molecule has 1 heterocycles. The molecule has 1 fully saturated rings. The van der Waals surface area contributed by atoms with Crippen molar-refractivity contribution in [1.29, 1.82) is 0 Å². The highest BCUT2D eigenvalue weighted by Crippen LogP contribution is 2.21. The van der Waals surface area contributed by atoms with Crippen molar-refractivity contribution >= 4 is 22.5 Å². The number of rotatable bonds is 2. The van der Waals surface area contributed by atoms with Crippen LogP contribution in [0.3, 0.4) is 0 Å². The predicted molar refractivity (Wildman–Crippen MR) is 80.8 cm³/mol. The van der Waals surface area contributed by atoms with Crippen LogP contribution in [0.25, 0.3) is 10.9 Å². The fourth-order valence-electron chi connectivity index (χ4n) is 2.81. The van der Waals surface area contributed by atoms with Gasteiger partial charge in [0.25, 0.3) is 5.91 Å². The van der Waals surface area contributed by atoms with Crippen molar-refractivity contribution in [3.8, 4) is 0 Å². The Labute approximate surface area is 118 Å². The van der Waals surface area contributed by atoms with Gasteiger partial charge in [0.15, 0.2) is 0 Å². The molecule has 1 saturated carbocycles. The summed E-state index contributed by atoms with van der Waals surface area (Å²) in [6.45, 7) is 2.23. The van der Waals surface area contributed by atoms with Gasteiger partial charge in [-0.05, 0) is 37.7 Å². The van der Waals surface area contributed by atoms with Gasteiger partial charge in [-0.25, -0.2) is 5.43 Å². The number of hydrazone groups is 1. The van der Waals surface area contributed by atoms with Crippen LogP contribution in [0, 0.1) is 5.92 Å². The van der Waals surface area contributed by atoms with Gasteiger partial charge in [-0.3, -0.25) is 4.79 Å². The molecule has 20 heavy (non-hydrogen) atoms. The third kappa shape index (κ3) is 2.59. The monoisotopic (exact) mass is 269 g/mol. The van der Waals surface area contributed by atoms with E-state index in [1.54, 1.807) is 6.20 Å². The van der Waals surface area contributed by atoms with E-state index in [4.69, 9.17) is 0 Å². The van der Waals surface area contributed by atoms with Crippen LogP contribution >= 0.6 is 0 Å². The molecule has 1 aromatic carbocycles. The van der Waals surface area contributed by atoms with Gasteiger partial charge in [-0.1, -0.05) is 25.1 Å². The molecular formula is C16H19N3O. The summed E-state index contributed by atoms with van der Waals surface area (Å²) in [5.74, 6) is 0.528. The van der Waals surface area contributed by atoms with Crippen molar-refractivity contribution in [3.05, 3.63) is 36.0 Å². The fraction of sp³-hybridized carbons (Fsp3) is 0.375. The molecule has 0 saturated heterocycles. The van der Waals surface area contributed by atoms with Crippen molar-refractivity contribution in [2.45, 2.75) is 32.6 Å². The molecule has 1 aromatic heterocycles. The second-order valence-electron chi connectivity index (χ2n) is 5.57. The Morgan fingerprint density at radius 2 is 2.25 bits per heavy atom. The highest BCUT2D eigenvalue weighted by molar-refractivity contribution is 6.07. The largest absolute Gasteiger partial charge is 0.360 e. The zero-order chi connectivity index (χ0) is 13.9. The van der Waals surface area contributed by atoms with Crippen LogP contribution in [0.1, 0.15) is 43.0 Å². The lowest BCUT2D eigenvalue weighted by Crippen LogP contribution is -2.22. The topological polar surface area (TPSA) is 57.2 Å². The average Bonchev–Trinajstić information content (AvgIpc) is 2.89. The number of benzene rings is 1. The lowest BCUT2D eigenvalue weighted by atomic mass is 9.89. The van der Waals surface area contributed by atoms with Crippen molar-refractivity contribution in [3.63, 3.8) is 0 Å². The van der Waals surface area contributed by atoms with Crippen LogP contribution in [-0.2, 0) is 0 Å². The first-order valence-corrected chi connectivity index (χ1v) is 7.16. The van der Waals surface area contributed by atoms with Crippen molar-refractivity contribution < 1.29 is 4.79 Å². The Balaban J connectivity index is 1.75. The second-order valence-corrected chi connectivity index (χ2v) is 5.57. The molecule has 0 bridgehead atoms. The summed E-state index contributed by atoms with van der Waals surface area (Å²) >= 11 is 0. The summed E-state index contributed by atoms with van der Waals surface area (Å²) in [5, 5.41) is 5.23.